The molecule has 4 atom stereocenters. The number of pyridine rings is 1. The molecule has 2 aromatic heterocycles. The fraction of sp³-hybridized carbons (Fsp3) is 0.533. The van der Waals surface area contributed by atoms with Gasteiger partial charge in [0, 0.05) is 87.4 Å². The van der Waals surface area contributed by atoms with Crippen molar-refractivity contribution in [2.24, 2.45) is 5.73 Å². The number of hydrogen-bond donors (Lipinski definition) is 1. The van der Waals surface area contributed by atoms with Crippen LogP contribution in [0.4, 0.5) is 21.8 Å². The molecule has 41 heavy (non-hydrogen) atoms. The molecular weight excluding hydrogens is 521 g/mol. The van der Waals surface area contributed by atoms with Gasteiger partial charge in [-0.25, -0.2) is 9.37 Å². The molecule has 3 aliphatic heterocycles. The molecule has 1 aromatic carbocycles. The summed E-state index contributed by atoms with van der Waals surface area (Å²) in [6.45, 7) is 10.9. The van der Waals surface area contributed by atoms with Gasteiger partial charge in [-0.15, -0.1) is 0 Å². The van der Waals surface area contributed by atoms with Gasteiger partial charge in [-0.1, -0.05) is 0 Å². The van der Waals surface area contributed by atoms with Crippen molar-refractivity contribution < 1.29 is 9.13 Å². The molecule has 0 radical (unpaired) electrons. The van der Waals surface area contributed by atoms with Crippen molar-refractivity contribution in [3.63, 3.8) is 0 Å². The summed E-state index contributed by atoms with van der Waals surface area (Å²) in [5.41, 5.74) is 9.38. The molecule has 0 amide bonds. The molecule has 3 fully saturated rings. The van der Waals surface area contributed by atoms with Crippen molar-refractivity contribution >= 4 is 28.4 Å². The summed E-state index contributed by atoms with van der Waals surface area (Å²) in [4.78, 5) is 22.9. The molecule has 216 valence electrons. The molecule has 2 N–H and O–H groups in total. The number of nitrogens with two attached hydrogens (primary N) is 1. The Hall–Kier alpha value is -3.59. The average molecular weight is 560 g/mol. The Bertz CT molecular complexity index is 1410. The first kappa shape index (κ1) is 27.6. The number of morpholine rings is 1. The van der Waals surface area contributed by atoms with Gasteiger partial charge in [0.1, 0.15) is 18.1 Å². The number of fused-ring (bicyclic) bond motifs is 1. The fourth-order valence-electron chi connectivity index (χ4n) is 6.39. The van der Waals surface area contributed by atoms with Crippen molar-refractivity contribution in [2.75, 3.05) is 73.6 Å². The number of halogens is 1. The summed E-state index contributed by atoms with van der Waals surface area (Å²) >= 11 is 0. The highest BCUT2D eigenvalue weighted by atomic mass is 19.1. The fourth-order valence-corrected chi connectivity index (χ4v) is 6.39. The first-order valence-electron chi connectivity index (χ1n) is 14.5. The standard InChI is InChI=1S/C30H38FN9O/c1-20-12-28(36-30(35-20)40-16-23(31)13-24(33)17-40)38-10-8-37(9-11-38)18-25-19-39(15-21(2)41-25)27-6-5-22(14-32)29-26(27)4-3-7-34-29/h3-7,12,21,23-25H,8-11,13,15-19,33H2,1-2H3/t21-,23?,24?,25+/m1/s1. The number of alkyl halides is 1. The molecule has 0 bridgehead atoms. The van der Waals surface area contributed by atoms with Gasteiger partial charge in [0.2, 0.25) is 5.95 Å². The minimum Gasteiger partial charge on any atom is -0.370 e. The van der Waals surface area contributed by atoms with Crippen molar-refractivity contribution in [3.05, 3.63) is 47.8 Å². The van der Waals surface area contributed by atoms with Crippen LogP contribution in [0, 0.1) is 18.3 Å². The lowest BCUT2D eigenvalue weighted by molar-refractivity contribution is -0.0327. The van der Waals surface area contributed by atoms with Crippen LogP contribution in [0.15, 0.2) is 36.5 Å². The van der Waals surface area contributed by atoms with Gasteiger partial charge >= 0.3 is 0 Å². The van der Waals surface area contributed by atoms with Gasteiger partial charge in [0.05, 0.1) is 29.8 Å². The SMILES string of the molecule is Cc1cc(N2CCN(C[C@H]3CN(c4ccc(C#N)c5ncccc45)C[C@@H](C)O3)CC2)nc(N2CC(N)CC(F)C2)n1. The minimum atomic E-state index is -0.956. The lowest BCUT2D eigenvalue weighted by Gasteiger charge is -2.42. The van der Waals surface area contributed by atoms with Crippen LogP contribution in [0.5, 0.6) is 0 Å². The molecule has 3 saturated heterocycles. The number of rotatable bonds is 5. The van der Waals surface area contributed by atoms with Crippen LogP contribution >= 0.6 is 0 Å². The van der Waals surface area contributed by atoms with Gasteiger partial charge in [-0.2, -0.15) is 10.2 Å². The van der Waals surface area contributed by atoms with Crippen LogP contribution < -0.4 is 20.4 Å². The maximum absolute atomic E-state index is 14.2. The van der Waals surface area contributed by atoms with Crippen LogP contribution in [-0.2, 0) is 4.74 Å². The zero-order valence-corrected chi connectivity index (χ0v) is 23.8. The van der Waals surface area contributed by atoms with Crippen LogP contribution in [-0.4, -0.2) is 103 Å². The number of nitrogens with zero attached hydrogens (tertiary/aromatic N) is 8. The molecule has 0 spiro atoms. The number of anilines is 3. The zero-order chi connectivity index (χ0) is 28.5. The minimum absolute atomic E-state index is 0.0671. The van der Waals surface area contributed by atoms with E-state index in [0.717, 1.165) is 73.9 Å². The number of aryl methyl sites for hydroxylation is 1. The summed E-state index contributed by atoms with van der Waals surface area (Å²) in [6.07, 6.45) is 1.33. The second-order valence-corrected chi connectivity index (χ2v) is 11.6. The molecule has 3 aliphatic rings. The van der Waals surface area contributed by atoms with E-state index in [1.165, 1.54) is 0 Å². The van der Waals surface area contributed by atoms with E-state index in [1.807, 2.05) is 42.2 Å². The number of piperazine rings is 1. The lowest BCUT2D eigenvalue weighted by Crippen LogP contribution is -2.54. The highest BCUT2D eigenvalue weighted by molar-refractivity contribution is 5.95. The normalized spacial score (nSPS) is 25.9. The third-order valence-corrected chi connectivity index (χ3v) is 8.24. The van der Waals surface area contributed by atoms with Gasteiger partial charge in [-0.05, 0) is 44.5 Å². The zero-order valence-electron chi connectivity index (χ0n) is 23.8. The second kappa shape index (κ2) is 11.7. The summed E-state index contributed by atoms with van der Waals surface area (Å²) in [5.74, 6) is 1.45. The Balaban J connectivity index is 1.10. The van der Waals surface area contributed by atoms with Crippen molar-refractivity contribution in [1.82, 2.24) is 19.9 Å². The number of aromatic nitrogens is 3. The molecule has 11 heteroatoms. The van der Waals surface area contributed by atoms with E-state index in [1.54, 1.807) is 6.20 Å². The van der Waals surface area contributed by atoms with E-state index in [9.17, 15) is 9.65 Å². The first-order valence-corrected chi connectivity index (χ1v) is 14.5. The van der Waals surface area contributed by atoms with Gasteiger partial charge < -0.3 is 25.2 Å². The van der Waals surface area contributed by atoms with Crippen molar-refractivity contribution in [2.45, 2.75) is 44.7 Å². The first-order chi connectivity index (χ1) is 19.9. The Morgan fingerprint density at radius 1 is 1.05 bits per heavy atom. The number of ether oxygens (including phenoxy) is 1. The van der Waals surface area contributed by atoms with E-state index >= 15 is 0 Å². The number of piperidine rings is 1. The third-order valence-electron chi connectivity index (χ3n) is 8.24. The lowest BCUT2D eigenvalue weighted by atomic mass is 10.1. The Morgan fingerprint density at radius 3 is 2.66 bits per heavy atom. The molecular formula is C30H38FN9O. The number of benzene rings is 1. The second-order valence-electron chi connectivity index (χ2n) is 11.6. The Kier molecular flexibility index (Phi) is 7.88. The van der Waals surface area contributed by atoms with E-state index < -0.39 is 6.17 Å². The Morgan fingerprint density at radius 2 is 1.88 bits per heavy atom. The van der Waals surface area contributed by atoms with E-state index in [-0.39, 0.29) is 24.8 Å². The highest BCUT2D eigenvalue weighted by Gasteiger charge is 2.31. The maximum Gasteiger partial charge on any atom is 0.227 e. The smallest absolute Gasteiger partial charge is 0.227 e. The monoisotopic (exact) mass is 559 g/mol. The maximum atomic E-state index is 14.2. The van der Waals surface area contributed by atoms with Crippen molar-refractivity contribution in [3.8, 4) is 6.07 Å². The predicted octanol–water partition coefficient (Wildman–Crippen LogP) is 2.50. The van der Waals surface area contributed by atoms with Gasteiger partial charge in [0.15, 0.2) is 0 Å². The topological polar surface area (TPSA) is 111 Å². The molecule has 0 aliphatic carbocycles. The van der Waals surface area contributed by atoms with Gasteiger partial charge in [-0.3, -0.25) is 9.88 Å². The molecule has 0 saturated carbocycles. The van der Waals surface area contributed by atoms with E-state index in [4.69, 9.17) is 15.5 Å². The number of nitriles is 1. The van der Waals surface area contributed by atoms with E-state index in [0.29, 0.717) is 24.5 Å². The molecule has 6 rings (SSSR count). The summed E-state index contributed by atoms with van der Waals surface area (Å²) in [7, 11) is 0. The molecule has 10 nitrogen and oxygen atoms in total. The van der Waals surface area contributed by atoms with E-state index in [2.05, 4.69) is 37.7 Å². The van der Waals surface area contributed by atoms with Crippen LogP contribution in [0.2, 0.25) is 0 Å². The number of hydrogen-bond acceptors (Lipinski definition) is 10. The largest absolute Gasteiger partial charge is 0.370 e. The van der Waals surface area contributed by atoms with Gasteiger partial charge in [0.25, 0.3) is 0 Å². The molecule has 2 unspecified atom stereocenters. The summed E-state index contributed by atoms with van der Waals surface area (Å²) < 4.78 is 20.6. The van der Waals surface area contributed by atoms with Crippen LogP contribution in [0.1, 0.15) is 24.6 Å². The average Bonchev–Trinajstić information content (AvgIpc) is 2.96. The quantitative estimate of drug-likeness (QED) is 0.501. The van der Waals surface area contributed by atoms with Crippen molar-refractivity contribution in [1.29, 1.82) is 5.26 Å². The third kappa shape index (κ3) is 6.05. The summed E-state index contributed by atoms with van der Waals surface area (Å²) in [6, 6.07) is 12.0. The highest BCUT2D eigenvalue weighted by Crippen LogP contribution is 2.30. The van der Waals surface area contributed by atoms with Crippen LogP contribution in [0.3, 0.4) is 0 Å². The molecule has 5 heterocycles. The summed E-state index contributed by atoms with van der Waals surface area (Å²) in [5, 5.41) is 10.5. The Labute approximate surface area is 240 Å². The predicted molar refractivity (Wildman–Crippen MR) is 158 cm³/mol. The van der Waals surface area contributed by atoms with Crippen LogP contribution in [0.25, 0.3) is 10.9 Å². The molecule has 3 aromatic rings.